The first-order valence-corrected chi connectivity index (χ1v) is 8.45. The van der Waals surface area contributed by atoms with Crippen molar-refractivity contribution in [3.8, 4) is 0 Å². The second-order valence-electron chi connectivity index (χ2n) is 6.50. The summed E-state index contributed by atoms with van der Waals surface area (Å²) in [6.07, 6.45) is 25.0. The molecule has 1 aromatic heterocycles. The highest BCUT2D eigenvalue weighted by Gasteiger charge is 2.19. The van der Waals surface area contributed by atoms with Crippen LogP contribution in [-0.4, -0.2) is 4.57 Å². The van der Waals surface area contributed by atoms with Crippen LogP contribution in [0.5, 0.6) is 0 Å². The van der Waals surface area contributed by atoms with E-state index in [1.54, 1.807) is 0 Å². The van der Waals surface area contributed by atoms with Gasteiger partial charge < -0.3 is 9.13 Å². The Labute approximate surface area is 117 Å². The Morgan fingerprint density at radius 2 is 1.37 bits per heavy atom. The van der Waals surface area contributed by atoms with Crippen LogP contribution in [0.4, 0.5) is 0 Å². The Kier molecular flexibility index (Phi) is 4.58. The Balaban J connectivity index is 1.67. The lowest BCUT2D eigenvalue weighted by molar-refractivity contribution is -0.727. The Hall–Kier alpha value is -0.790. The molecule has 0 atom stereocenters. The quantitative estimate of drug-likeness (QED) is 0.424. The van der Waals surface area contributed by atoms with Crippen LogP contribution in [0.25, 0.3) is 0 Å². The molecule has 1 heterocycles. The fourth-order valence-electron chi connectivity index (χ4n) is 3.82. The number of rotatable bonds is 2. The average molecular weight is 260 g/mol. The lowest BCUT2D eigenvalue weighted by Gasteiger charge is -2.16. The van der Waals surface area contributed by atoms with Crippen LogP contribution in [0.3, 0.4) is 0 Å². The fourth-order valence-corrected chi connectivity index (χ4v) is 3.82. The van der Waals surface area contributed by atoms with Crippen LogP contribution in [0.15, 0.2) is 12.4 Å². The molecule has 0 aliphatic heterocycles. The molecule has 106 valence electrons. The standard InChI is InChI=1S/C17H28N2/c1-2-6-10-16(9-5-1)18-13-14-19(15-18)17-11-7-3-4-8-12-17/h13-14,16-17H,1-12H2. The van der Waals surface area contributed by atoms with Crippen molar-refractivity contribution in [2.45, 2.75) is 89.1 Å². The molecule has 2 saturated carbocycles. The number of imidazole rings is 1. The zero-order valence-corrected chi connectivity index (χ0v) is 12.2. The van der Waals surface area contributed by atoms with Gasteiger partial charge in [-0.05, 0) is 63.8 Å². The van der Waals surface area contributed by atoms with Gasteiger partial charge in [-0.25, -0.2) is 0 Å². The molecule has 0 bridgehead atoms. The summed E-state index contributed by atoms with van der Waals surface area (Å²) in [5.74, 6) is 0. The molecule has 2 heteroatoms. The monoisotopic (exact) mass is 260 g/mol. The highest BCUT2D eigenvalue weighted by atomic mass is 15.1. The second-order valence-corrected chi connectivity index (χ2v) is 6.50. The van der Waals surface area contributed by atoms with E-state index < -0.39 is 0 Å². The van der Waals surface area contributed by atoms with Crippen molar-refractivity contribution >= 4 is 0 Å². The number of nitrogens with zero attached hydrogens (tertiary/aromatic N) is 2. The summed E-state index contributed by atoms with van der Waals surface area (Å²) < 4.78 is 4.77. The van der Waals surface area contributed by atoms with E-state index in [1.165, 1.54) is 77.0 Å². The van der Waals surface area contributed by atoms with Gasteiger partial charge in [-0.15, -0.1) is 0 Å². The van der Waals surface area contributed by atoms with Crippen LogP contribution >= 0.6 is 0 Å². The van der Waals surface area contributed by atoms with E-state index in [9.17, 15) is 0 Å². The van der Waals surface area contributed by atoms with E-state index >= 15 is 0 Å². The second kappa shape index (κ2) is 6.58. The molecule has 1 aromatic rings. The molecule has 2 aliphatic rings. The minimum atomic E-state index is 0.717. The normalized spacial score (nSPS) is 24.0. The number of aromatic nitrogens is 2. The minimum Gasteiger partial charge on any atom is -0.349 e. The van der Waals surface area contributed by atoms with Gasteiger partial charge in [0.2, 0.25) is 6.33 Å². The summed E-state index contributed by atoms with van der Waals surface area (Å²) in [4.78, 5) is 0. The van der Waals surface area contributed by atoms with Crippen molar-refractivity contribution in [2.24, 2.45) is 0 Å². The van der Waals surface area contributed by atoms with E-state index in [1.807, 2.05) is 0 Å². The summed E-state index contributed by atoms with van der Waals surface area (Å²) in [7, 11) is 0. The maximum atomic E-state index is 3.64. The molecule has 2 fully saturated rings. The van der Waals surface area contributed by atoms with Crippen molar-refractivity contribution in [3.63, 3.8) is 0 Å². The molecule has 0 spiro atoms. The fraction of sp³-hybridized carbons (Fsp3) is 0.824. The van der Waals surface area contributed by atoms with Crippen molar-refractivity contribution in [1.29, 1.82) is 0 Å². The molecule has 0 aromatic carbocycles. The first kappa shape index (κ1) is 13.2. The molecule has 0 N–H and O–H groups in total. The zero-order valence-electron chi connectivity index (χ0n) is 12.2. The summed E-state index contributed by atoms with van der Waals surface area (Å²) >= 11 is 0. The van der Waals surface area contributed by atoms with E-state index in [0.717, 1.165) is 12.1 Å². The topological polar surface area (TPSA) is 8.81 Å². The third-order valence-electron chi connectivity index (χ3n) is 5.05. The van der Waals surface area contributed by atoms with Gasteiger partial charge in [0.15, 0.2) is 0 Å². The van der Waals surface area contributed by atoms with Gasteiger partial charge in [0.1, 0.15) is 0 Å². The molecule has 0 saturated heterocycles. The maximum Gasteiger partial charge on any atom is 0.204 e. The van der Waals surface area contributed by atoms with Gasteiger partial charge in [-0.3, -0.25) is 0 Å². The van der Waals surface area contributed by atoms with E-state index in [0.29, 0.717) is 0 Å². The first-order valence-electron chi connectivity index (χ1n) is 8.45. The molecular formula is C17H28N2. The van der Waals surface area contributed by atoms with Crippen LogP contribution in [-0.2, 0) is 0 Å². The van der Waals surface area contributed by atoms with E-state index in [2.05, 4.69) is 27.9 Å². The third kappa shape index (κ3) is 3.40. The van der Waals surface area contributed by atoms with E-state index in [-0.39, 0.29) is 0 Å². The van der Waals surface area contributed by atoms with Gasteiger partial charge in [0.25, 0.3) is 0 Å². The summed E-state index contributed by atoms with van der Waals surface area (Å²) in [5.41, 5.74) is 0. The van der Waals surface area contributed by atoms with Gasteiger partial charge in [0.05, 0.1) is 12.1 Å². The molecule has 0 radical (unpaired) electrons. The Bertz CT molecular complexity index is 332. The Morgan fingerprint density at radius 1 is 0.789 bits per heavy atom. The molecular weight excluding hydrogens is 232 g/mol. The van der Waals surface area contributed by atoms with Crippen molar-refractivity contribution in [3.05, 3.63) is 18.7 Å². The maximum absolute atomic E-state index is 3.64. The molecule has 2 nitrogen and oxygen atoms in total. The number of hydrogen-bond acceptors (Lipinski definition) is 0. The van der Waals surface area contributed by atoms with Gasteiger partial charge >= 0.3 is 0 Å². The minimum absolute atomic E-state index is 0.717. The Morgan fingerprint density at radius 3 is 2.00 bits per heavy atom. The average Bonchev–Trinajstić information content (AvgIpc) is 2.67. The highest BCUT2D eigenvalue weighted by Crippen LogP contribution is 2.27. The smallest absolute Gasteiger partial charge is 0.204 e. The molecule has 0 unspecified atom stereocenters. The summed E-state index contributed by atoms with van der Waals surface area (Å²) in [6, 6.07) is 1.43. The van der Waals surface area contributed by atoms with E-state index in [4.69, 9.17) is 0 Å². The first-order chi connectivity index (χ1) is 9.43. The van der Waals surface area contributed by atoms with Crippen molar-refractivity contribution in [1.82, 2.24) is 4.57 Å². The summed E-state index contributed by atoms with van der Waals surface area (Å²) in [6.45, 7) is 0. The predicted octanol–water partition coefficient (Wildman–Crippen LogP) is 4.37. The zero-order chi connectivity index (χ0) is 12.9. The molecule has 3 rings (SSSR count). The van der Waals surface area contributed by atoms with Crippen molar-refractivity contribution < 1.29 is 4.57 Å². The lowest BCUT2D eigenvalue weighted by atomic mass is 10.1. The van der Waals surface area contributed by atoms with Crippen molar-refractivity contribution in [2.75, 3.05) is 0 Å². The lowest BCUT2D eigenvalue weighted by Crippen LogP contribution is -2.37. The van der Waals surface area contributed by atoms with Crippen LogP contribution in [0.1, 0.15) is 89.1 Å². The van der Waals surface area contributed by atoms with Crippen LogP contribution in [0.2, 0.25) is 0 Å². The molecule has 19 heavy (non-hydrogen) atoms. The number of hydrogen-bond donors (Lipinski definition) is 0. The predicted molar refractivity (Wildman–Crippen MR) is 76.9 cm³/mol. The SMILES string of the molecule is [c-]1n(C2CCCCCC2)cc[n+]1C1CCCCCC1. The largest absolute Gasteiger partial charge is 0.349 e. The molecule has 2 aliphatic carbocycles. The summed E-state index contributed by atoms with van der Waals surface area (Å²) in [5, 5.41) is 0. The van der Waals surface area contributed by atoms with Gasteiger partial charge in [-0.2, -0.15) is 0 Å². The highest BCUT2D eigenvalue weighted by molar-refractivity contribution is 4.77. The molecule has 0 amide bonds. The van der Waals surface area contributed by atoms with Crippen LogP contribution in [0, 0.1) is 6.33 Å². The van der Waals surface area contributed by atoms with Crippen LogP contribution < -0.4 is 4.57 Å². The third-order valence-corrected chi connectivity index (χ3v) is 5.05. The van der Waals surface area contributed by atoms with Gasteiger partial charge in [0, 0.05) is 0 Å². The van der Waals surface area contributed by atoms with Gasteiger partial charge in [-0.1, -0.05) is 25.7 Å².